The number of benzene rings is 2. The molecule has 0 aliphatic carbocycles. The molecule has 0 bridgehead atoms. The minimum absolute atomic E-state index is 0.189. The molecule has 2 aliphatic heterocycles. The van der Waals surface area contributed by atoms with Gasteiger partial charge in [0.05, 0.1) is 24.0 Å². The quantitative estimate of drug-likeness (QED) is 0.379. The van der Waals surface area contributed by atoms with E-state index < -0.39 is 17.7 Å². The van der Waals surface area contributed by atoms with Crippen molar-refractivity contribution in [3.63, 3.8) is 0 Å². The number of ether oxygens (including phenoxy) is 1. The van der Waals surface area contributed by atoms with Crippen molar-refractivity contribution < 1.29 is 18.3 Å². The number of para-hydroxylation sites is 1. The Labute approximate surface area is 231 Å². The molecule has 2 aromatic carbocycles. The van der Waals surface area contributed by atoms with E-state index in [4.69, 9.17) is 21.4 Å². The van der Waals surface area contributed by atoms with Crippen LogP contribution < -0.4 is 16.0 Å². The molecule has 39 heavy (non-hydrogen) atoms. The van der Waals surface area contributed by atoms with Gasteiger partial charge < -0.3 is 15.4 Å². The summed E-state index contributed by atoms with van der Waals surface area (Å²) in [6.07, 6.45) is 1.82. The van der Waals surface area contributed by atoms with Gasteiger partial charge in [0.25, 0.3) is 0 Å². The van der Waals surface area contributed by atoms with E-state index in [0.29, 0.717) is 42.6 Å². The van der Waals surface area contributed by atoms with Gasteiger partial charge in [-0.15, -0.1) is 0 Å². The lowest BCUT2D eigenvalue weighted by molar-refractivity contribution is 0.159. The van der Waals surface area contributed by atoms with Gasteiger partial charge in [0.1, 0.15) is 5.02 Å². The second-order valence-electron chi connectivity index (χ2n) is 10.1. The summed E-state index contributed by atoms with van der Waals surface area (Å²) in [5.74, 6) is -1.46. The number of carbonyl (C=O) groups is 1. The first-order valence-corrected chi connectivity index (χ1v) is 13.6. The Kier molecular flexibility index (Phi) is 8.76. The Morgan fingerprint density at radius 2 is 1.90 bits per heavy atom. The minimum atomic E-state index is -0.907. The lowest BCUT2D eigenvalue weighted by Gasteiger charge is -2.21. The molecule has 2 atom stereocenters. The highest BCUT2D eigenvalue weighted by Crippen LogP contribution is 2.37. The highest BCUT2D eigenvalue weighted by Gasteiger charge is 2.36. The number of amides is 2. The van der Waals surface area contributed by atoms with Gasteiger partial charge in [-0.1, -0.05) is 35.9 Å². The average molecular weight is 559 g/mol. The first-order valence-electron chi connectivity index (χ1n) is 13.2. The molecule has 1 aromatic heterocycles. The zero-order valence-electron chi connectivity index (χ0n) is 21.8. The number of methoxy groups -OCH3 is 1. The molecule has 3 aromatic rings. The maximum Gasteiger partial charge on any atom is 0.320 e. The van der Waals surface area contributed by atoms with Gasteiger partial charge in [0.2, 0.25) is 0 Å². The van der Waals surface area contributed by atoms with E-state index >= 15 is 0 Å². The van der Waals surface area contributed by atoms with Gasteiger partial charge in [0, 0.05) is 38.6 Å². The third-order valence-corrected chi connectivity index (χ3v) is 7.88. The summed E-state index contributed by atoms with van der Waals surface area (Å²) in [4.78, 5) is 15.5. The Bertz CT molecular complexity index is 1280. The van der Waals surface area contributed by atoms with Crippen molar-refractivity contribution in [3.8, 4) is 5.69 Å². The molecule has 208 valence electrons. The number of anilines is 1. The predicted octanol–water partition coefficient (Wildman–Crippen LogP) is 4.51. The third-order valence-electron chi connectivity index (χ3n) is 7.51. The second-order valence-corrected chi connectivity index (χ2v) is 10.4. The molecular formula is C28H33ClF2N6O2. The van der Waals surface area contributed by atoms with Gasteiger partial charge in [-0.3, -0.25) is 10.2 Å². The van der Waals surface area contributed by atoms with E-state index in [1.807, 2.05) is 30.3 Å². The maximum absolute atomic E-state index is 14.1. The van der Waals surface area contributed by atoms with Crippen LogP contribution in [0.5, 0.6) is 0 Å². The van der Waals surface area contributed by atoms with Gasteiger partial charge in [-0.05, 0) is 55.8 Å². The number of rotatable bonds is 8. The number of carbonyl (C=O) groups excluding carboxylic acids is 1. The zero-order chi connectivity index (χ0) is 27.4. The van der Waals surface area contributed by atoms with Crippen LogP contribution in [-0.2, 0) is 4.74 Å². The minimum Gasteiger partial charge on any atom is -0.383 e. The van der Waals surface area contributed by atoms with Gasteiger partial charge in [-0.2, -0.15) is 5.10 Å². The van der Waals surface area contributed by atoms with Crippen molar-refractivity contribution in [2.45, 2.75) is 30.7 Å². The molecule has 3 heterocycles. The molecule has 2 fully saturated rings. The van der Waals surface area contributed by atoms with Crippen LogP contribution in [0.1, 0.15) is 35.9 Å². The predicted molar refractivity (Wildman–Crippen MR) is 147 cm³/mol. The van der Waals surface area contributed by atoms with Crippen LogP contribution in [0.4, 0.5) is 19.4 Å². The molecular weight excluding hydrogens is 526 g/mol. The summed E-state index contributed by atoms with van der Waals surface area (Å²) in [6.45, 7) is 4.05. The van der Waals surface area contributed by atoms with Crippen molar-refractivity contribution in [1.82, 2.24) is 25.3 Å². The number of likely N-dealkylation sites (tertiary alicyclic amines) is 1. The second kappa shape index (κ2) is 12.4. The molecule has 3 N–H and O–H groups in total. The number of piperidine rings is 1. The highest BCUT2D eigenvalue weighted by atomic mass is 35.5. The summed E-state index contributed by atoms with van der Waals surface area (Å²) >= 11 is 6.87. The van der Waals surface area contributed by atoms with E-state index in [1.54, 1.807) is 17.9 Å². The molecule has 0 spiro atoms. The first kappa shape index (κ1) is 27.5. The lowest BCUT2D eigenvalue weighted by Crippen LogP contribution is -2.42. The fourth-order valence-electron chi connectivity index (χ4n) is 5.46. The topological polar surface area (TPSA) is 83.4 Å². The number of urea groups is 1. The number of nitrogens with zero attached hydrogens (tertiary/aromatic N) is 3. The molecule has 0 unspecified atom stereocenters. The van der Waals surface area contributed by atoms with E-state index in [0.717, 1.165) is 43.4 Å². The van der Waals surface area contributed by atoms with Crippen LogP contribution in [-0.4, -0.2) is 73.2 Å². The molecule has 11 heteroatoms. The summed E-state index contributed by atoms with van der Waals surface area (Å²) < 4.78 is 34.6. The van der Waals surface area contributed by atoms with Crippen LogP contribution in [0.3, 0.4) is 0 Å². The largest absolute Gasteiger partial charge is 0.383 e. The van der Waals surface area contributed by atoms with Gasteiger partial charge in [-0.25, -0.2) is 18.3 Å². The smallest absolute Gasteiger partial charge is 0.320 e. The van der Waals surface area contributed by atoms with E-state index in [1.165, 1.54) is 6.07 Å². The Balaban J connectivity index is 1.39. The van der Waals surface area contributed by atoms with Crippen LogP contribution in [0.15, 0.2) is 48.5 Å². The number of halogens is 3. The fraction of sp³-hybridized carbons (Fsp3) is 0.429. The summed E-state index contributed by atoms with van der Waals surface area (Å²) in [6, 6.07) is 12.6. The van der Waals surface area contributed by atoms with Crippen LogP contribution >= 0.6 is 11.6 Å². The molecule has 2 saturated heterocycles. The Morgan fingerprint density at radius 1 is 1.13 bits per heavy atom. The fourth-order valence-corrected chi connectivity index (χ4v) is 5.78. The highest BCUT2D eigenvalue weighted by molar-refractivity contribution is 6.34. The Morgan fingerprint density at radius 3 is 2.62 bits per heavy atom. The summed E-state index contributed by atoms with van der Waals surface area (Å²) in [7, 11) is 1.63. The van der Waals surface area contributed by atoms with Gasteiger partial charge >= 0.3 is 6.03 Å². The zero-order valence-corrected chi connectivity index (χ0v) is 22.6. The summed E-state index contributed by atoms with van der Waals surface area (Å²) in [5.41, 5.74) is 2.17. The maximum atomic E-state index is 14.1. The number of hydrogen-bond donors (Lipinski definition) is 3. The van der Waals surface area contributed by atoms with Crippen LogP contribution in [0.2, 0.25) is 5.02 Å². The van der Waals surface area contributed by atoms with E-state index in [-0.39, 0.29) is 17.9 Å². The van der Waals surface area contributed by atoms with Crippen molar-refractivity contribution in [2.75, 3.05) is 51.8 Å². The van der Waals surface area contributed by atoms with Crippen LogP contribution in [0, 0.1) is 11.6 Å². The molecule has 5 rings (SSSR count). The van der Waals surface area contributed by atoms with Crippen LogP contribution in [0.25, 0.3) is 5.69 Å². The van der Waals surface area contributed by atoms with Crippen molar-refractivity contribution >= 4 is 23.4 Å². The third kappa shape index (κ3) is 6.24. The molecule has 8 nitrogen and oxygen atoms in total. The van der Waals surface area contributed by atoms with Gasteiger partial charge in [0.15, 0.2) is 17.5 Å². The molecule has 0 saturated carbocycles. The summed E-state index contributed by atoms with van der Waals surface area (Å²) in [5, 5.41) is 14.6. The lowest BCUT2D eigenvalue weighted by atomic mass is 9.94. The molecule has 2 amide bonds. The molecule has 0 radical (unpaired) electrons. The van der Waals surface area contributed by atoms with Crippen molar-refractivity contribution in [1.29, 1.82) is 0 Å². The normalized spacial score (nSPS) is 20.3. The standard InChI is InChI=1S/C28H33ClF2N6O2/c1-39-14-13-36-16-21(19-7-8-22(30)23(31)15-19)24(17-36)33-28(38)34-27-25(29)26(18-9-11-32-12-10-18)35-37(27)20-5-3-2-4-6-20/h2-8,15,18,21,24,32H,9-14,16-17H2,1H3,(H2,33,34,38)/t21-,24+/m0/s1. The van der Waals surface area contributed by atoms with Crippen molar-refractivity contribution in [3.05, 3.63) is 76.4 Å². The SMILES string of the molecule is COCCN1C[C@@H](NC(=O)Nc2c(Cl)c(C3CCNCC3)nn2-c2ccccc2)[C@H](c2ccc(F)c(F)c2)C1. The monoisotopic (exact) mass is 558 g/mol. The number of nitrogens with one attached hydrogen (secondary N) is 3. The number of aromatic nitrogens is 2. The van der Waals surface area contributed by atoms with E-state index in [9.17, 15) is 13.6 Å². The van der Waals surface area contributed by atoms with E-state index in [2.05, 4.69) is 20.9 Å². The number of hydrogen-bond acceptors (Lipinski definition) is 5. The Hall–Kier alpha value is -3.05. The average Bonchev–Trinajstić information content (AvgIpc) is 3.50. The van der Waals surface area contributed by atoms with Crippen molar-refractivity contribution in [2.24, 2.45) is 0 Å². The molecule has 2 aliphatic rings. The first-order chi connectivity index (χ1) is 18.9.